The first-order valence-corrected chi connectivity index (χ1v) is 13.2. The van der Waals surface area contributed by atoms with Crippen molar-refractivity contribution in [2.45, 2.75) is 57.8 Å². The number of aromatic nitrogens is 4. The van der Waals surface area contributed by atoms with Crippen molar-refractivity contribution in [2.24, 2.45) is 0 Å². The molecule has 14 heteroatoms. The number of nitrogens with one attached hydrogen (secondary N) is 3. The fourth-order valence-electron chi connectivity index (χ4n) is 4.35. The maximum Gasteiger partial charge on any atom is 0.408 e. The molecular weight excluding hydrogens is 549 g/mol. The molecule has 210 valence electrons. The Balaban J connectivity index is 1.39. The summed E-state index contributed by atoms with van der Waals surface area (Å²) in [5.74, 6) is -0.101. The molecule has 1 aromatic carbocycles. The van der Waals surface area contributed by atoms with Crippen molar-refractivity contribution in [3.63, 3.8) is 0 Å². The molecule has 3 heterocycles. The van der Waals surface area contributed by atoms with E-state index in [0.29, 0.717) is 59.5 Å². The fourth-order valence-corrected chi connectivity index (χ4v) is 4.67. The van der Waals surface area contributed by atoms with E-state index in [0.717, 1.165) is 5.56 Å². The Labute approximate surface area is 234 Å². The molecule has 2 amide bonds. The minimum Gasteiger partial charge on any atom is -0.444 e. The molecule has 12 nitrogen and oxygen atoms in total. The molecule has 1 unspecified atom stereocenters. The summed E-state index contributed by atoms with van der Waals surface area (Å²) >= 11 is 12.0. The van der Waals surface area contributed by atoms with Crippen LogP contribution >= 0.6 is 23.2 Å². The van der Waals surface area contributed by atoms with E-state index in [1.54, 1.807) is 48.7 Å². The van der Waals surface area contributed by atoms with Crippen molar-refractivity contribution in [2.75, 3.05) is 25.0 Å². The first-order chi connectivity index (χ1) is 18.4. The normalized spacial score (nSPS) is 15.3. The molecule has 0 radical (unpaired) electrons. The Bertz CT molecular complexity index is 1410. The monoisotopic (exact) mass is 579 g/mol. The summed E-state index contributed by atoms with van der Waals surface area (Å²) in [5, 5.41) is 20.5. The molecule has 0 bridgehead atoms. The lowest BCUT2D eigenvalue weighted by Gasteiger charge is -2.34. The van der Waals surface area contributed by atoms with Crippen LogP contribution in [0.1, 0.15) is 45.2 Å². The summed E-state index contributed by atoms with van der Waals surface area (Å²) in [6.07, 6.45) is 1.83. The minimum absolute atomic E-state index is 0.129. The number of carbonyl (C=O) groups is 2. The predicted octanol–water partition coefficient (Wildman–Crippen LogP) is 3.09. The number of aliphatic hydroxyl groups excluding tert-OH is 1. The molecule has 0 spiro atoms. The van der Waals surface area contributed by atoms with Crippen LogP contribution in [-0.4, -0.2) is 73.1 Å². The predicted molar refractivity (Wildman–Crippen MR) is 147 cm³/mol. The van der Waals surface area contributed by atoms with Crippen molar-refractivity contribution in [1.29, 1.82) is 0 Å². The number of rotatable bonds is 7. The highest BCUT2D eigenvalue weighted by Gasteiger charge is 2.31. The number of hydrogen-bond donors (Lipinski definition) is 4. The number of hydrogen-bond acceptors (Lipinski definition) is 8. The quantitative estimate of drug-likeness (QED) is 0.333. The number of nitrogens with zero attached hydrogens (tertiary/aromatic N) is 4. The van der Waals surface area contributed by atoms with Crippen LogP contribution in [0.3, 0.4) is 0 Å². The molecule has 1 aliphatic heterocycles. The number of aliphatic hydroxyl groups is 1. The third kappa shape index (κ3) is 7.00. The van der Waals surface area contributed by atoms with Gasteiger partial charge in [-0.05, 0) is 51.3 Å². The maximum absolute atomic E-state index is 13.0. The van der Waals surface area contributed by atoms with Gasteiger partial charge in [0.2, 0.25) is 11.9 Å². The van der Waals surface area contributed by atoms with Gasteiger partial charge in [0.1, 0.15) is 17.2 Å². The van der Waals surface area contributed by atoms with Gasteiger partial charge < -0.3 is 25.4 Å². The van der Waals surface area contributed by atoms with Gasteiger partial charge in [-0.2, -0.15) is 5.10 Å². The van der Waals surface area contributed by atoms with E-state index >= 15 is 0 Å². The SMILES string of the molecule is CC(C)(C)OC(=O)NC(CO)C(=O)N1CCC(n2ncc3nc(NCc4ccc(Cl)c(Cl)c4)[nH]c(=O)c32)CC1. The molecule has 0 saturated carbocycles. The van der Waals surface area contributed by atoms with Crippen LogP contribution < -0.4 is 16.2 Å². The number of benzene rings is 1. The lowest BCUT2D eigenvalue weighted by atomic mass is 10.0. The Kier molecular flexibility index (Phi) is 8.67. The summed E-state index contributed by atoms with van der Waals surface area (Å²) in [7, 11) is 0. The van der Waals surface area contributed by atoms with Crippen LogP contribution in [0.2, 0.25) is 10.0 Å². The highest BCUT2D eigenvalue weighted by molar-refractivity contribution is 6.42. The first kappa shape index (κ1) is 28.7. The zero-order chi connectivity index (χ0) is 28.3. The number of aromatic amines is 1. The number of carbonyl (C=O) groups excluding carboxylic acids is 2. The lowest BCUT2D eigenvalue weighted by Crippen LogP contribution is -2.53. The van der Waals surface area contributed by atoms with Gasteiger partial charge in [-0.3, -0.25) is 19.3 Å². The van der Waals surface area contributed by atoms with E-state index in [9.17, 15) is 19.5 Å². The number of halogens is 2. The van der Waals surface area contributed by atoms with Crippen LogP contribution in [0.25, 0.3) is 11.0 Å². The van der Waals surface area contributed by atoms with Gasteiger partial charge in [-0.25, -0.2) is 9.78 Å². The number of anilines is 1. The summed E-state index contributed by atoms with van der Waals surface area (Å²) in [4.78, 5) is 46.7. The number of piperidine rings is 1. The van der Waals surface area contributed by atoms with Crippen molar-refractivity contribution < 1.29 is 19.4 Å². The molecule has 39 heavy (non-hydrogen) atoms. The third-order valence-electron chi connectivity index (χ3n) is 6.19. The van der Waals surface area contributed by atoms with E-state index in [2.05, 4.69) is 25.7 Å². The van der Waals surface area contributed by atoms with Gasteiger partial charge in [0.05, 0.1) is 28.9 Å². The number of amides is 2. The van der Waals surface area contributed by atoms with Gasteiger partial charge in [0.25, 0.3) is 5.56 Å². The summed E-state index contributed by atoms with van der Waals surface area (Å²) in [6, 6.07) is 4.02. The molecular formula is C25H31Cl2N7O5. The van der Waals surface area contributed by atoms with E-state index in [1.807, 2.05) is 6.07 Å². The summed E-state index contributed by atoms with van der Waals surface area (Å²) in [5.41, 5.74) is 0.589. The van der Waals surface area contributed by atoms with Gasteiger partial charge in [0, 0.05) is 19.6 Å². The molecule has 1 atom stereocenters. The summed E-state index contributed by atoms with van der Waals surface area (Å²) < 4.78 is 6.83. The Hall–Kier alpha value is -3.35. The second-order valence-corrected chi connectivity index (χ2v) is 11.1. The van der Waals surface area contributed by atoms with Crippen molar-refractivity contribution in [3.05, 3.63) is 50.4 Å². The van der Waals surface area contributed by atoms with Crippen LogP contribution in [0.5, 0.6) is 0 Å². The third-order valence-corrected chi connectivity index (χ3v) is 6.93. The molecule has 1 saturated heterocycles. The second-order valence-electron chi connectivity index (χ2n) is 10.3. The standard InChI is InChI=1S/C25H31Cl2N7O5/c1-25(2,3)39-24(38)31-19(13-35)22(37)33-8-6-15(7-9-33)34-20-18(12-29-34)30-23(32-21(20)36)28-11-14-4-5-16(26)17(27)10-14/h4-5,10,12,15,19,35H,6-9,11,13H2,1-3H3,(H,31,38)(H2,28,30,32,36). The van der Waals surface area contributed by atoms with Crippen molar-refractivity contribution in [1.82, 2.24) is 30.0 Å². The number of fused-ring (bicyclic) bond motifs is 1. The zero-order valence-electron chi connectivity index (χ0n) is 21.8. The minimum atomic E-state index is -1.11. The highest BCUT2D eigenvalue weighted by atomic mass is 35.5. The van der Waals surface area contributed by atoms with E-state index in [4.69, 9.17) is 27.9 Å². The van der Waals surface area contributed by atoms with Gasteiger partial charge in [-0.15, -0.1) is 0 Å². The van der Waals surface area contributed by atoms with Gasteiger partial charge >= 0.3 is 6.09 Å². The summed E-state index contributed by atoms with van der Waals surface area (Å²) in [6.45, 7) is 5.69. The average Bonchev–Trinajstić information content (AvgIpc) is 3.31. The smallest absolute Gasteiger partial charge is 0.408 e. The molecule has 2 aromatic heterocycles. The Morgan fingerprint density at radius 2 is 1.95 bits per heavy atom. The van der Waals surface area contributed by atoms with Gasteiger partial charge in [0.15, 0.2) is 5.52 Å². The van der Waals surface area contributed by atoms with E-state index in [-0.39, 0.29) is 11.6 Å². The van der Waals surface area contributed by atoms with Gasteiger partial charge in [-0.1, -0.05) is 29.3 Å². The number of H-pyrrole nitrogens is 1. The van der Waals surface area contributed by atoms with E-state index in [1.165, 1.54) is 0 Å². The first-order valence-electron chi connectivity index (χ1n) is 12.5. The molecule has 3 aromatic rings. The highest BCUT2D eigenvalue weighted by Crippen LogP contribution is 2.26. The Morgan fingerprint density at radius 3 is 2.59 bits per heavy atom. The average molecular weight is 580 g/mol. The number of alkyl carbamates (subject to hydrolysis) is 1. The fraction of sp³-hybridized carbons (Fsp3) is 0.480. The Morgan fingerprint density at radius 1 is 1.23 bits per heavy atom. The lowest BCUT2D eigenvalue weighted by molar-refractivity contribution is -0.135. The van der Waals surface area contributed by atoms with Crippen molar-refractivity contribution in [3.8, 4) is 0 Å². The maximum atomic E-state index is 13.0. The molecule has 4 rings (SSSR count). The zero-order valence-corrected chi connectivity index (χ0v) is 23.3. The number of ether oxygens (including phenoxy) is 1. The van der Waals surface area contributed by atoms with E-state index < -0.39 is 30.3 Å². The van der Waals surface area contributed by atoms with Crippen LogP contribution in [0.15, 0.2) is 29.2 Å². The van der Waals surface area contributed by atoms with Crippen molar-refractivity contribution >= 4 is 52.2 Å². The second kappa shape index (κ2) is 11.8. The molecule has 1 fully saturated rings. The largest absolute Gasteiger partial charge is 0.444 e. The van der Waals surface area contributed by atoms with Crippen LogP contribution in [0.4, 0.5) is 10.7 Å². The molecule has 4 N–H and O–H groups in total. The van der Waals surface area contributed by atoms with Crippen LogP contribution in [-0.2, 0) is 16.1 Å². The molecule has 1 aliphatic rings. The number of likely N-dealkylation sites (tertiary alicyclic amines) is 1. The van der Waals surface area contributed by atoms with Crippen LogP contribution in [0, 0.1) is 0 Å². The topological polar surface area (TPSA) is 154 Å². The molecule has 0 aliphatic carbocycles.